The van der Waals surface area contributed by atoms with Gasteiger partial charge in [-0.2, -0.15) is 0 Å². The lowest BCUT2D eigenvalue weighted by atomic mass is 9.64. The van der Waals surface area contributed by atoms with Crippen LogP contribution in [0, 0.1) is 5.41 Å². The van der Waals surface area contributed by atoms with Gasteiger partial charge in [0.1, 0.15) is 23.0 Å². The highest BCUT2D eigenvalue weighted by molar-refractivity contribution is 6.32. The summed E-state index contributed by atoms with van der Waals surface area (Å²) in [5, 5.41) is 0.892. The second-order valence-electron chi connectivity index (χ2n) is 11.6. The van der Waals surface area contributed by atoms with Gasteiger partial charge in [-0.1, -0.05) is 91.0 Å². The predicted molar refractivity (Wildman–Crippen MR) is 171 cm³/mol. The Bertz CT molecular complexity index is 2050. The molecule has 5 aromatic rings. The van der Waals surface area contributed by atoms with E-state index in [1.54, 1.807) is 68.9 Å². The largest absolute Gasteiger partial charge is 0.497 e. The molecule has 1 aromatic heterocycles. The molecule has 220 valence electrons. The maximum atomic E-state index is 15.0. The Morgan fingerprint density at radius 3 is 2.27 bits per heavy atom. The molecule has 3 heterocycles. The zero-order valence-electron chi connectivity index (χ0n) is 24.6. The molecule has 1 aliphatic carbocycles. The van der Waals surface area contributed by atoms with Crippen LogP contribution in [0.5, 0.6) is 11.5 Å². The molecular weight excluding hydrogens is 564 g/mol. The molecule has 7 heteroatoms. The van der Waals surface area contributed by atoms with Crippen LogP contribution >= 0.6 is 0 Å². The number of ether oxygens (including phenoxy) is 2. The van der Waals surface area contributed by atoms with Crippen molar-refractivity contribution in [3.63, 3.8) is 0 Å². The lowest BCUT2D eigenvalue weighted by Crippen LogP contribution is -2.48. The van der Waals surface area contributed by atoms with Crippen LogP contribution in [0.2, 0.25) is 0 Å². The number of hydrogen-bond donors (Lipinski definition) is 0. The number of Topliss-reactive ketones (excluding diaryl/α,β-unsaturated/α-hetero) is 3. The number of benzene rings is 4. The summed E-state index contributed by atoms with van der Waals surface area (Å²) in [5.74, 6) is -0.735. The fourth-order valence-electron chi connectivity index (χ4n) is 7.78. The van der Waals surface area contributed by atoms with Crippen LogP contribution in [0.25, 0.3) is 17.0 Å². The maximum Gasteiger partial charge on any atom is 0.185 e. The van der Waals surface area contributed by atoms with E-state index in [0.717, 1.165) is 16.6 Å². The standard InChI is InChI=1S/C38H28N2O5/c1-44-25-17-18-28(29(21-25)45-2)31-34(35(41)24-9-4-3-5-10-24)40-30(38(31)36(42)26-12-6-7-13-27(26)37(38)43)19-16-23-15-14-22-11-8-20-39-32(22)33(23)40/h3-21,30-31,34H,1-2H3/t30-,31-,34+/m1/s1. The first-order chi connectivity index (χ1) is 22.0. The van der Waals surface area contributed by atoms with E-state index in [-0.39, 0.29) is 17.3 Å². The van der Waals surface area contributed by atoms with Gasteiger partial charge < -0.3 is 14.4 Å². The number of carbonyl (C=O) groups is 3. The van der Waals surface area contributed by atoms with E-state index in [0.29, 0.717) is 39.3 Å². The molecule has 1 saturated heterocycles. The summed E-state index contributed by atoms with van der Waals surface area (Å²) < 4.78 is 11.4. The third-order valence-electron chi connectivity index (χ3n) is 9.64. The number of hydrogen-bond acceptors (Lipinski definition) is 7. The smallest absolute Gasteiger partial charge is 0.185 e. The van der Waals surface area contributed by atoms with Crippen LogP contribution in [-0.2, 0) is 0 Å². The van der Waals surface area contributed by atoms with Crippen LogP contribution in [0.15, 0.2) is 109 Å². The number of rotatable bonds is 5. The van der Waals surface area contributed by atoms with Gasteiger partial charge in [-0.05, 0) is 17.7 Å². The van der Waals surface area contributed by atoms with E-state index < -0.39 is 23.4 Å². The molecule has 1 spiro atoms. The van der Waals surface area contributed by atoms with Gasteiger partial charge in [0.15, 0.2) is 17.3 Å². The van der Waals surface area contributed by atoms with Gasteiger partial charge in [0.2, 0.25) is 0 Å². The van der Waals surface area contributed by atoms with Gasteiger partial charge in [0.25, 0.3) is 0 Å². The SMILES string of the molecule is COc1ccc([C@@H]2[C@@H](C(=O)c3ccccc3)N3c4c(ccc5cccnc45)C=C[C@@H]3C23C(=O)c2ccccc2C3=O)c(OC)c1. The lowest BCUT2D eigenvalue weighted by molar-refractivity contribution is 0.0665. The molecule has 45 heavy (non-hydrogen) atoms. The Kier molecular flexibility index (Phi) is 6.00. The molecule has 3 atom stereocenters. The zero-order valence-corrected chi connectivity index (χ0v) is 24.6. The molecule has 0 amide bonds. The van der Waals surface area contributed by atoms with Crippen molar-refractivity contribution in [2.45, 2.75) is 18.0 Å². The predicted octanol–water partition coefficient (Wildman–Crippen LogP) is 6.57. The number of aromatic nitrogens is 1. The van der Waals surface area contributed by atoms with Crippen molar-refractivity contribution in [1.82, 2.24) is 4.98 Å². The van der Waals surface area contributed by atoms with Crippen molar-refractivity contribution in [2.24, 2.45) is 5.41 Å². The minimum absolute atomic E-state index is 0.203. The van der Waals surface area contributed by atoms with Crippen molar-refractivity contribution in [3.8, 4) is 11.5 Å². The van der Waals surface area contributed by atoms with Crippen molar-refractivity contribution < 1.29 is 23.9 Å². The fraction of sp³-hybridized carbons (Fsp3) is 0.158. The Balaban J connectivity index is 1.50. The summed E-state index contributed by atoms with van der Waals surface area (Å²) in [6, 6.07) is 27.5. The molecule has 3 aliphatic rings. The molecule has 4 aromatic carbocycles. The summed E-state index contributed by atoms with van der Waals surface area (Å²) >= 11 is 0. The van der Waals surface area contributed by atoms with E-state index >= 15 is 4.79 Å². The molecular formula is C38H28N2O5. The molecule has 0 saturated carbocycles. The Morgan fingerprint density at radius 2 is 1.56 bits per heavy atom. The van der Waals surface area contributed by atoms with Gasteiger partial charge in [0, 0.05) is 45.8 Å². The van der Waals surface area contributed by atoms with Crippen molar-refractivity contribution in [3.05, 3.63) is 137 Å². The first-order valence-electron chi connectivity index (χ1n) is 14.8. The topological polar surface area (TPSA) is 85.8 Å². The van der Waals surface area contributed by atoms with Crippen molar-refractivity contribution in [2.75, 3.05) is 19.1 Å². The number of carbonyl (C=O) groups excluding carboxylic acids is 3. The van der Waals surface area contributed by atoms with Crippen LogP contribution in [-0.4, -0.2) is 48.6 Å². The highest BCUT2D eigenvalue weighted by Crippen LogP contribution is 2.62. The van der Waals surface area contributed by atoms with E-state index in [2.05, 4.69) is 0 Å². The van der Waals surface area contributed by atoms with E-state index in [1.165, 1.54) is 0 Å². The zero-order chi connectivity index (χ0) is 30.9. The third kappa shape index (κ3) is 3.58. The van der Waals surface area contributed by atoms with Crippen LogP contribution in [0.3, 0.4) is 0 Å². The van der Waals surface area contributed by atoms with Crippen LogP contribution in [0.1, 0.15) is 48.1 Å². The molecule has 0 N–H and O–H groups in total. The Morgan fingerprint density at radius 1 is 0.822 bits per heavy atom. The van der Waals surface area contributed by atoms with Crippen LogP contribution in [0.4, 0.5) is 5.69 Å². The van der Waals surface area contributed by atoms with Gasteiger partial charge >= 0.3 is 0 Å². The minimum atomic E-state index is -1.66. The Hall–Kier alpha value is -5.56. The number of fused-ring (bicyclic) bond motifs is 7. The first-order valence-corrected chi connectivity index (χ1v) is 14.8. The molecule has 1 fully saturated rings. The van der Waals surface area contributed by atoms with Gasteiger partial charge in [-0.3, -0.25) is 19.4 Å². The van der Waals surface area contributed by atoms with E-state index in [9.17, 15) is 9.59 Å². The summed E-state index contributed by atoms with van der Waals surface area (Å²) in [7, 11) is 3.11. The van der Waals surface area contributed by atoms with Gasteiger partial charge in [0.05, 0.1) is 31.5 Å². The number of nitrogens with zero attached hydrogens (tertiary/aromatic N) is 2. The van der Waals surface area contributed by atoms with Crippen molar-refractivity contribution in [1.29, 1.82) is 0 Å². The minimum Gasteiger partial charge on any atom is -0.497 e. The molecule has 0 radical (unpaired) electrons. The molecule has 7 nitrogen and oxygen atoms in total. The highest BCUT2D eigenvalue weighted by Gasteiger charge is 2.72. The monoisotopic (exact) mass is 592 g/mol. The van der Waals surface area contributed by atoms with E-state index in [1.807, 2.05) is 65.6 Å². The molecule has 8 rings (SSSR count). The summed E-state index contributed by atoms with van der Waals surface area (Å²) in [4.78, 5) is 51.8. The second-order valence-corrected chi connectivity index (χ2v) is 11.6. The average molecular weight is 593 g/mol. The van der Waals surface area contributed by atoms with E-state index in [4.69, 9.17) is 14.5 Å². The quantitative estimate of drug-likeness (QED) is 0.169. The fourth-order valence-corrected chi connectivity index (χ4v) is 7.78. The summed E-state index contributed by atoms with van der Waals surface area (Å²) in [5.41, 5.74) is 2.41. The molecule has 2 aliphatic heterocycles. The lowest BCUT2D eigenvalue weighted by Gasteiger charge is -2.37. The average Bonchev–Trinajstić information content (AvgIpc) is 3.53. The summed E-state index contributed by atoms with van der Waals surface area (Å²) in [6.45, 7) is 0. The van der Waals surface area contributed by atoms with Crippen molar-refractivity contribution >= 4 is 40.0 Å². The number of pyridine rings is 1. The number of anilines is 1. The Labute approximate surface area is 259 Å². The van der Waals surface area contributed by atoms with Crippen LogP contribution < -0.4 is 14.4 Å². The molecule has 0 bridgehead atoms. The normalized spacial score (nSPS) is 20.7. The summed E-state index contributed by atoms with van der Waals surface area (Å²) in [6.07, 6.45) is 5.59. The third-order valence-corrected chi connectivity index (χ3v) is 9.64. The second kappa shape index (κ2) is 9.99. The highest BCUT2D eigenvalue weighted by atomic mass is 16.5. The molecule has 0 unspecified atom stereocenters. The number of methoxy groups -OCH3 is 2. The van der Waals surface area contributed by atoms with Gasteiger partial charge in [-0.15, -0.1) is 0 Å². The van der Waals surface area contributed by atoms with Gasteiger partial charge in [-0.25, -0.2) is 0 Å². The maximum absolute atomic E-state index is 15.0. The number of ketones is 3. The first kappa shape index (κ1) is 27.0.